The number of hydrogen-bond donors (Lipinski definition) is 0. The molecule has 0 aromatic carbocycles. The molecule has 0 fully saturated rings. The normalized spacial score (nSPS) is 24.0. The lowest BCUT2D eigenvalue weighted by Crippen LogP contribution is -2.47. The van der Waals surface area contributed by atoms with Gasteiger partial charge in [0.25, 0.3) is 5.91 Å². The van der Waals surface area contributed by atoms with Crippen molar-refractivity contribution in [3.63, 3.8) is 0 Å². The molecule has 1 atom stereocenters. The molecule has 0 N–H and O–H groups in total. The number of hydrazone groups is 1. The predicted molar refractivity (Wildman–Crippen MR) is 65.6 cm³/mol. The monoisotopic (exact) mass is 234 g/mol. The molecule has 2 aliphatic heterocycles. The molecule has 0 saturated heterocycles. The van der Waals surface area contributed by atoms with E-state index < -0.39 is 0 Å². The van der Waals surface area contributed by atoms with Crippen LogP contribution in [0.4, 0.5) is 0 Å². The first-order valence-electron chi connectivity index (χ1n) is 5.85. The summed E-state index contributed by atoms with van der Waals surface area (Å²) in [7, 11) is 0. The fourth-order valence-electron chi connectivity index (χ4n) is 2.06. The summed E-state index contributed by atoms with van der Waals surface area (Å²) in [4.78, 5) is 11.9. The van der Waals surface area contributed by atoms with E-state index in [0.29, 0.717) is 0 Å². The highest BCUT2D eigenvalue weighted by Crippen LogP contribution is 2.33. The molecular formula is C12H18N4O. The number of nitrogens with zero attached hydrogens (tertiary/aromatic N) is 4. The molecule has 1 amide bonds. The van der Waals surface area contributed by atoms with Gasteiger partial charge in [0, 0.05) is 5.57 Å². The fraction of sp³-hybridized carbons (Fsp3) is 0.667. The first-order valence-corrected chi connectivity index (χ1v) is 5.85. The van der Waals surface area contributed by atoms with Crippen LogP contribution in [0, 0.1) is 5.92 Å². The van der Waals surface area contributed by atoms with Crippen LogP contribution in [0.15, 0.2) is 26.6 Å². The van der Waals surface area contributed by atoms with Gasteiger partial charge in [0.2, 0.25) is 0 Å². The largest absolute Gasteiger partial charge is 0.293 e. The second-order valence-electron chi connectivity index (χ2n) is 5.70. The van der Waals surface area contributed by atoms with Crippen LogP contribution in [-0.2, 0) is 4.79 Å². The molecular weight excluding hydrogens is 216 g/mol. The highest BCUT2D eigenvalue weighted by atomic mass is 16.2. The van der Waals surface area contributed by atoms with Gasteiger partial charge in [-0.25, -0.2) is 0 Å². The molecule has 0 aromatic rings. The summed E-state index contributed by atoms with van der Waals surface area (Å²) in [6.07, 6.45) is 1.75. The van der Waals surface area contributed by atoms with Crippen LogP contribution in [0.5, 0.6) is 0 Å². The number of fused-ring (bicyclic) bond motifs is 1. The number of carbonyl (C=O) groups is 1. The Labute approximate surface area is 101 Å². The van der Waals surface area contributed by atoms with Crippen LogP contribution in [0.1, 0.15) is 34.6 Å². The maximum atomic E-state index is 11.9. The number of rotatable bonds is 1. The first-order chi connectivity index (χ1) is 7.82. The summed E-state index contributed by atoms with van der Waals surface area (Å²) in [6.45, 7) is 10.2. The topological polar surface area (TPSA) is 57.4 Å². The molecule has 17 heavy (non-hydrogen) atoms. The van der Waals surface area contributed by atoms with Crippen molar-refractivity contribution in [2.24, 2.45) is 21.2 Å². The van der Waals surface area contributed by atoms with Crippen LogP contribution < -0.4 is 0 Å². The summed E-state index contributed by atoms with van der Waals surface area (Å²) in [6, 6.07) is -0.384. The molecule has 2 rings (SSSR count). The van der Waals surface area contributed by atoms with Gasteiger partial charge in [-0.2, -0.15) is 10.2 Å². The number of azo groups is 1. The Balaban J connectivity index is 2.45. The van der Waals surface area contributed by atoms with Gasteiger partial charge in [0.1, 0.15) is 0 Å². The summed E-state index contributed by atoms with van der Waals surface area (Å²) in [5, 5.41) is 13.9. The lowest BCUT2D eigenvalue weighted by Gasteiger charge is -2.35. The minimum Gasteiger partial charge on any atom is -0.275 e. The van der Waals surface area contributed by atoms with Crippen LogP contribution in [0.25, 0.3) is 0 Å². The molecule has 5 nitrogen and oxygen atoms in total. The van der Waals surface area contributed by atoms with E-state index in [1.54, 1.807) is 6.21 Å². The summed E-state index contributed by atoms with van der Waals surface area (Å²) >= 11 is 0. The molecule has 0 aliphatic carbocycles. The smallest absolute Gasteiger partial charge is 0.275 e. The van der Waals surface area contributed by atoms with Crippen molar-refractivity contribution >= 4 is 12.1 Å². The van der Waals surface area contributed by atoms with Crippen molar-refractivity contribution in [2.45, 2.75) is 46.2 Å². The zero-order valence-corrected chi connectivity index (χ0v) is 10.9. The summed E-state index contributed by atoms with van der Waals surface area (Å²) in [5.74, 6) is 0.0209. The zero-order chi connectivity index (χ0) is 12.8. The highest BCUT2D eigenvalue weighted by Gasteiger charge is 2.42. The van der Waals surface area contributed by atoms with Gasteiger partial charge in [-0.05, 0) is 26.7 Å². The van der Waals surface area contributed by atoms with Crippen LogP contribution in [0.3, 0.4) is 0 Å². The van der Waals surface area contributed by atoms with E-state index in [9.17, 15) is 4.79 Å². The van der Waals surface area contributed by atoms with Gasteiger partial charge in [-0.15, -0.1) is 5.11 Å². The summed E-state index contributed by atoms with van der Waals surface area (Å²) < 4.78 is 0. The molecule has 0 saturated carbocycles. The molecule has 0 spiro atoms. The second kappa shape index (κ2) is 3.75. The molecule has 1 unspecified atom stereocenters. The number of carbonyl (C=O) groups excluding carboxylic acids is 1. The Bertz CT molecular complexity index is 440. The van der Waals surface area contributed by atoms with Crippen molar-refractivity contribution < 1.29 is 4.79 Å². The van der Waals surface area contributed by atoms with Gasteiger partial charge >= 0.3 is 0 Å². The van der Waals surface area contributed by atoms with E-state index in [1.807, 2.05) is 39.6 Å². The van der Waals surface area contributed by atoms with Crippen LogP contribution in [0.2, 0.25) is 0 Å². The predicted octanol–water partition coefficient (Wildman–Crippen LogP) is 2.36. The molecule has 92 valence electrons. The average molecular weight is 234 g/mol. The maximum Gasteiger partial charge on any atom is 0.293 e. The lowest BCUT2D eigenvalue weighted by atomic mass is 9.96. The third-order valence-corrected chi connectivity index (χ3v) is 2.88. The number of allylic oxidation sites excluding steroid dienone is 1. The minimum absolute atomic E-state index is 0.201. The van der Waals surface area contributed by atoms with Crippen LogP contribution in [-0.4, -0.2) is 28.7 Å². The van der Waals surface area contributed by atoms with Gasteiger partial charge in [-0.1, -0.05) is 13.8 Å². The van der Waals surface area contributed by atoms with Gasteiger partial charge < -0.3 is 0 Å². The average Bonchev–Trinajstić information content (AvgIpc) is 2.61. The zero-order valence-electron chi connectivity index (χ0n) is 10.9. The maximum absolute atomic E-state index is 11.9. The van der Waals surface area contributed by atoms with Gasteiger partial charge in [-0.3, -0.25) is 9.80 Å². The highest BCUT2D eigenvalue weighted by molar-refractivity contribution is 5.98. The standard InChI is InChI=1S/C12H18N4O/c1-7(2)9-8-6-13-16(12(3,4)5)10(8)11(17)15-14-9/h6-7,10H,1-5H3. The molecule has 0 aromatic heterocycles. The van der Waals surface area contributed by atoms with E-state index >= 15 is 0 Å². The van der Waals surface area contributed by atoms with E-state index in [-0.39, 0.29) is 23.4 Å². The molecule has 2 heterocycles. The molecule has 2 aliphatic rings. The van der Waals surface area contributed by atoms with Crippen LogP contribution >= 0.6 is 0 Å². The third-order valence-electron chi connectivity index (χ3n) is 2.88. The van der Waals surface area contributed by atoms with E-state index in [4.69, 9.17) is 0 Å². The Morgan fingerprint density at radius 2 is 1.94 bits per heavy atom. The minimum atomic E-state index is -0.384. The van der Waals surface area contributed by atoms with Crippen molar-refractivity contribution in [1.82, 2.24) is 5.01 Å². The second-order valence-corrected chi connectivity index (χ2v) is 5.70. The van der Waals surface area contributed by atoms with Gasteiger partial charge in [0.15, 0.2) is 6.04 Å². The molecule has 0 radical (unpaired) electrons. The van der Waals surface area contributed by atoms with Crippen molar-refractivity contribution in [2.75, 3.05) is 0 Å². The van der Waals surface area contributed by atoms with Crippen molar-refractivity contribution in [3.8, 4) is 0 Å². The molecule has 0 bridgehead atoms. The van der Waals surface area contributed by atoms with Gasteiger partial charge in [0.05, 0.1) is 17.5 Å². The van der Waals surface area contributed by atoms with E-state index in [1.165, 1.54) is 0 Å². The van der Waals surface area contributed by atoms with E-state index in [2.05, 4.69) is 15.3 Å². The third kappa shape index (κ3) is 1.90. The Morgan fingerprint density at radius 3 is 2.47 bits per heavy atom. The summed E-state index contributed by atoms with van der Waals surface area (Å²) in [5.41, 5.74) is 1.56. The quantitative estimate of drug-likeness (QED) is 0.699. The lowest BCUT2D eigenvalue weighted by molar-refractivity contribution is -0.123. The fourth-order valence-corrected chi connectivity index (χ4v) is 2.06. The number of hydrogen-bond acceptors (Lipinski definition) is 4. The van der Waals surface area contributed by atoms with Crippen molar-refractivity contribution in [3.05, 3.63) is 11.3 Å². The molecule has 5 heteroatoms. The Hall–Kier alpha value is -1.52. The Morgan fingerprint density at radius 1 is 1.29 bits per heavy atom. The van der Waals surface area contributed by atoms with Crippen molar-refractivity contribution in [1.29, 1.82) is 0 Å². The SMILES string of the molecule is CC(C)C1=C2C=NN(C(C)(C)C)C2C(=O)N=N1. The first kappa shape index (κ1) is 12.0. The van der Waals surface area contributed by atoms with E-state index in [0.717, 1.165) is 11.3 Å². The Kier molecular flexibility index (Phi) is 2.64. The number of amides is 1.